The third-order valence-electron chi connectivity index (χ3n) is 3.02. The van der Waals surface area contributed by atoms with Gasteiger partial charge in [0.15, 0.2) is 0 Å². The molecule has 112 valence electrons. The zero-order valence-electron chi connectivity index (χ0n) is 11.6. The molecule has 0 bridgehead atoms. The molecule has 0 aromatic heterocycles. The number of carbonyl (C=O) groups is 3. The van der Waals surface area contributed by atoms with E-state index in [-0.39, 0.29) is 19.7 Å². The first kappa shape index (κ1) is 14.8. The summed E-state index contributed by atoms with van der Waals surface area (Å²) in [6.07, 6.45) is -0.636. The molecule has 21 heavy (non-hydrogen) atoms. The van der Waals surface area contributed by atoms with E-state index < -0.39 is 24.0 Å². The summed E-state index contributed by atoms with van der Waals surface area (Å²) in [6.45, 7) is 0.00777. The summed E-state index contributed by atoms with van der Waals surface area (Å²) in [7, 11) is 1.22. The summed E-state index contributed by atoms with van der Waals surface area (Å²) in [4.78, 5) is 36.1. The van der Waals surface area contributed by atoms with Crippen LogP contribution >= 0.6 is 0 Å². The van der Waals surface area contributed by atoms with Crippen LogP contribution in [-0.2, 0) is 25.7 Å². The Bertz CT molecular complexity index is 531. The molecule has 0 spiro atoms. The van der Waals surface area contributed by atoms with Crippen molar-refractivity contribution in [3.8, 4) is 0 Å². The molecule has 1 aromatic carbocycles. The van der Waals surface area contributed by atoms with Crippen LogP contribution in [0.1, 0.15) is 5.56 Å². The molecule has 0 radical (unpaired) electrons. The van der Waals surface area contributed by atoms with Crippen molar-refractivity contribution in [3.63, 3.8) is 0 Å². The maximum atomic E-state index is 11.9. The van der Waals surface area contributed by atoms with Gasteiger partial charge in [-0.1, -0.05) is 30.3 Å². The SMILES string of the molecule is COC(=O)[C@H]1CN(C(=O)OCc2ccccc2)CC(=O)N1. The molecule has 2 amide bonds. The van der Waals surface area contributed by atoms with Crippen LogP contribution in [-0.4, -0.2) is 49.1 Å². The highest BCUT2D eigenvalue weighted by atomic mass is 16.6. The third-order valence-corrected chi connectivity index (χ3v) is 3.02. The molecule has 2 rings (SSSR count). The number of nitrogens with one attached hydrogen (secondary N) is 1. The molecule has 1 aliphatic heterocycles. The van der Waals surface area contributed by atoms with Crippen molar-refractivity contribution in [3.05, 3.63) is 35.9 Å². The lowest BCUT2D eigenvalue weighted by molar-refractivity contribution is -0.147. The van der Waals surface area contributed by atoms with E-state index in [1.807, 2.05) is 30.3 Å². The predicted octanol–water partition coefficient (Wildman–Crippen LogP) is 0.297. The Morgan fingerprint density at radius 1 is 1.33 bits per heavy atom. The van der Waals surface area contributed by atoms with Crippen molar-refractivity contribution in [2.45, 2.75) is 12.6 Å². The van der Waals surface area contributed by atoms with E-state index in [1.54, 1.807) is 0 Å². The van der Waals surface area contributed by atoms with Gasteiger partial charge in [-0.3, -0.25) is 9.69 Å². The first-order chi connectivity index (χ1) is 10.1. The number of benzene rings is 1. The smallest absolute Gasteiger partial charge is 0.410 e. The molecule has 0 unspecified atom stereocenters. The first-order valence-corrected chi connectivity index (χ1v) is 6.43. The van der Waals surface area contributed by atoms with Crippen LogP contribution < -0.4 is 5.32 Å². The average molecular weight is 292 g/mol. The second-order valence-electron chi connectivity index (χ2n) is 4.56. The Morgan fingerprint density at radius 3 is 2.71 bits per heavy atom. The standard InChI is InChI=1S/C14H16N2O5/c1-20-13(18)11-7-16(8-12(17)15-11)14(19)21-9-10-5-3-2-4-6-10/h2-6,11H,7-9H2,1H3,(H,15,17)/t11-/m1/s1. The topological polar surface area (TPSA) is 84.9 Å². The predicted molar refractivity (Wildman–Crippen MR) is 72.1 cm³/mol. The van der Waals surface area contributed by atoms with Crippen molar-refractivity contribution >= 4 is 18.0 Å². The Hall–Kier alpha value is -2.57. The van der Waals surface area contributed by atoms with Crippen LogP contribution in [0.2, 0.25) is 0 Å². The molecule has 1 atom stereocenters. The fraction of sp³-hybridized carbons (Fsp3) is 0.357. The van der Waals surface area contributed by atoms with Crippen molar-refractivity contribution in [1.82, 2.24) is 10.2 Å². The molecule has 1 saturated heterocycles. The lowest BCUT2D eigenvalue weighted by Crippen LogP contribution is -2.58. The Kier molecular flexibility index (Phi) is 4.76. The fourth-order valence-electron chi connectivity index (χ4n) is 1.97. The van der Waals surface area contributed by atoms with Crippen LogP contribution in [0.3, 0.4) is 0 Å². The maximum Gasteiger partial charge on any atom is 0.410 e. The zero-order valence-corrected chi connectivity index (χ0v) is 11.6. The number of nitrogens with zero attached hydrogens (tertiary/aromatic N) is 1. The van der Waals surface area contributed by atoms with E-state index in [2.05, 4.69) is 10.1 Å². The second-order valence-corrected chi connectivity index (χ2v) is 4.56. The van der Waals surface area contributed by atoms with E-state index in [1.165, 1.54) is 12.0 Å². The number of methoxy groups -OCH3 is 1. The Balaban J connectivity index is 1.92. The number of hydrogen-bond acceptors (Lipinski definition) is 5. The monoisotopic (exact) mass is 292 g/mol. The molecule has 1 aromatic rings. The van der Waals surface area contributed by atoms with Crippen molar-refractivity contribution in [1.29, 1.82) is 0 Å². The highest BCUT2D eigenvalue weighted by Gasteiger charge is 2.33. The number of ether oxygens (including phenoxy) is 2. The van der Waals surface area contributed by atoms with Gasteiger partial charge in [0.05, 0.1) is 13.7 Å². The van der Waals surface area contributed by atoms with Crippen LogP contribution in [0.15, 0.2) is 30.3 Å². The summed E-state index contributed by atoms with van der Waals surface area (Å²) in [5, 5.41) is 2.46. The summed E-state index contributed by atoms with van der Waals surface area (Å²) in [5.74, 6) is -1.02. The number of carbonyl (C=O) groups excluding carboxylic acids is 3. The highest BCUT2D eigenvalue weighted by molar-refractivity contribution is 5.89. The lowest BCUT2D eigenvalue weighted by atomic mass is 10.2. The highest BCUT2D eigenvalue weighted by Crippen LogP contribution is 2.07. The minimum absolute atomic E-state index is 0.0338. The summed E-state index contributed by atoms with van der Waals surface area (Å²) in [6, 6.07) is 8.33. The van der Waals surface area contributed by atoms with Gasteiger partial charge >= 0.3 is 12.1 Å². The van der Waals surface area contributed by atoms with Gasteiger partial charge in [-0.15, -0.1) is 0 Å². The molecular formula is C14H16N2O5. The van der Waals surface area contributed by atoms with Crippen molar-refractivity contribution in [2.75, 3.05) is 20.2 Å². The van der Waals surface area contributed by atoms with Gasteiger partial charge < -0.3 is 14.8 Å². The number of amides is 2. The van der Waals surface area contributed by atoms with E-state index >= 15 is 0 Å². The lowest BCUT2D eigenvalue weighted by Gasteiger charge is -2.30. The molecule has 1 N–H and O–H groups in total. The molecule has 1 aliphatic rings. The number of esters is 1. The molecule has 0 aliphatic carbocycles. The van der Waals surface area contributed by atoms with Crippen molar-refractivity contribution in [2.24, 2.45) is 0 Å². The summed E-state index contributed by atoms with van der Waals surface area (Å²) in [5.41, 5.74) is 0.844. The summed E-state index contributed by atoms with van der Waals surface area (Å²) >= 11 is 0. The Morgan fingerprint density at radius 2 is 2.05 bits per heavy atom. The van der Waals surface area contributed by atoms with E-state index in [9.17, 15) is 14.4 Å². The van der Waals surface area contributed by atoms with Crippen LogP contribution in [0.25, 0.3) is 0 Å². The van der Waals surface area contributed by atoms with Gasteiger partial charge in [0.1, 0.15) is 19.2 Å². The minimum Gasteiger partial charge on any atom is -0.467 e. The number of rotatable bonds is 3. The van der Waals surface area contributed by atoms with Crippen molar-refractivity contribution < 1.29 is 23.9 Å². The molecule has 7 nitrogen and oxygen atoms in total. The molecule has 7 heteroatoms. The second kappa shape index (κ2) is 6.74. The Labute approximate surface area is 121 Å². The maximum absolute atomic E-state index is 11.9. The van der Waals surface area contributed by atoms with Gasteiger partial charge in [-0.05, 0) is 5.56 Å². The van der Waals surface area contributed by atoms with E-state index in [4.69, 9.17) is 4.74 Å². The largest absolute Gasteiger partial charge is 0.467 e. The van der Waals surface area contributed by atoms with Crippen LogP contribution in [0.5, 0.6) is 0 Å². The van der Waals surface area contributed by atoms with Gasteiger partial charge in [-0.25, -0.2) is 9.59 Å². The fourth-order valence-corrected chi connectivity index (χ4v) is 1.97. The quantitative estimate of drug-likeness (QED) is 0.810. The minimum atomic E-state index is -0.861. The van der Waals surface area contributed by atoms with Gasteiger partial charge in [-0.2, -0.15) is 0 Å². The molecule has 0 saturated carbocycles. The number of hydrogen-bond donors (Lipinski definition) is 1. The average Bonchev–Trinajstić information content (AvgIpc) is 2.52. The third kappa shape index (κ3) is 3.95. The van der Waals surface area contributed by atoms with Crippen LogP contribution in [0.4, 0.5) is 4.79 Å². The van der Waals surface area contributed by atoms with E-state index in [0.717, 1.165) is 5.56 Å². The van der Waals surface area contributed by atoms with Crippen LogP contribution in [0, 0.1) is 0 Å². The van der Waals surface area contributed by atoms with E-state index in [0.29, 0.717) is 0 Å². The molecular weight excluding hydrogens is 276 g/mol. The zero-order chi connectivity index (χ0) is 15.2. The number of piperazine rings is 1. The summed E-state index contributed by atoms with van der Waals surface area (Å²) < 4.78 is 9.70. The normalized spacial score (nSPS) is 17.9. The molecule has 1 fully saturated rings. The van der Waals surface area contributed by atoms with Gasteiger partial charge in [0.25, 0.3) is 0 Å². The van der Waals surface area contributed by atoms with Gasteiger partial charge in [0.2, 0.25) is 5.91 Å². The first-order valence-electron chi connectivity index (χ1n) is 6.43. The molecule has 1 heterocycles. The van der Waals surface area contributed by atoms with Gasteiger partial charge in [0, 0.05) is 0 Å².